The third-order valence-electron chi connectivity index (χ3n) is 3.01. The van der Waals surface area contributed by atoms with Gasteiger partial charge in [-0.05, 0) is 43.1 Å². The average Bonchev–Trinajstić information content (AvgIpc) is 2.17. The molecule has 1 N–H and O–H groups in total. The molecule has 1 unspecified atom stereocenters. The predicted molar refractivity (Wildman–Crippen MR) is 58.1 cm³/mol. The summed E-state index contributed by atoms with van der Waals surface area (Å²) in [5.41, 5.74) is 4.19. The second-order valence-corrected chi connectivity index (χ2v) is 3.98. The molecule has 0 saturated heterocycles. The quantitative estimate of drug-likeness (QED) is 0.787. The molecule has 0 amide bonds. The Bertz CT molecular complexity index is 346. The lowest BCUT2D eigenvalue weighted by atomic mass is 9.76. The van der Waals surface area contributed by atoms with Crippen LogP contribution < -0.4 is 10.1 Å². The molecule has 2 heteroatoms. The molecular weight excluding hydrogens is 174 g/mol. The zero-order chi connectivity index (χ0) is 10.1. The Kier molecular flexibility index (Phi) is 2.46. The fraction of sp³-hybridized carbons (Fsp3) is 0.500. The van der Waals surface area contributed by atoms with Crippen molar-refractivity contribution < 1.29 is 4.74 Å². The molecule has 76 valence electrons. The van der Waals surface area contributed by atoms with E-state index in [0.29, 0.717) is 5.92 Å². The second kappa shape index (κ2) is 3.62. The van der Waals surface area contributed by atoms with E-state index in [1.54, 1.807) is 7.11 Å². The number of benzene rings is 1. The Balaban J connectivity index is 2.26. The van der Waals surface area contributed by atoms with Crippen molar-refractivity contribution in [3.8, 4) is 5.75 Å². The summed E-state index contributed by atoms with van der Waals surface area (Å²) in [5.74, 6) is 1.73. The normalized spacial score (nSPS) is 18.6. The van der Waals surface area contributed by atoms with Gasteiger partial charge in [0.05, 0.1) is 7.11 Å². The van der Waals surface area contributed by atoms with Crippen molar-refractivity contribution >= 4 is 0 Å². The van der Waals surface area contributed by atoms with E-state index < -0.39 is 0 Å². The molecule has 0 aliphatic heterocycles. The highest BCUT2D eigenvalue weighted by Gasteiger charge is 2.26. The van der Waals surface area contributed by atoms with E-state index in [1.807, 2.05) is 7.05 Å². The highest BCUT2D eigenvalue weighted by Crippen LogP contribution is 2.38. The molecule has 0 spiro atoms. The Hall–Kier alpha value is -1.02. The Morgan fingerprint density at radius 1 is 1.50 bits per heavy atom. The van der Waals surface area contributed by atoms with E-state index in [0.717, 1.165) is 12.3 Å². The number of nitrogens with one attached hydrogen (secondary N) is 1. The molecule has 1 aliphatic rings. The van der Waals surface area contributed by atoms with Crippen LogP contribution in [-0.4, -0.2) is 20.7 Å². The third-order valence-corrected chi connectivity index (χ3v) is 3.01. The molecule has 1 aliphatic carbocycles. The van der Waals surface area contributed by atoms with Gasteiger partial charge < -0.3 is 10.1 Å². The van der Waals surface area contributed by atoms with Gasteiger partial charge in [-0.15, -0.1) is 0 Å². The number of aryl methyl sites for hydroxylation is 1. The molecule has 0 bridgehead atoms. The largest absolute Gasteiger partial charge is 0.496 e. The SMILES string of the molecule is CNCC1Cc2cc(OC)c(C)cc21. The number of fused-ring (bicyclic) bond motifs is 1. The van der Waals surface area contributed by atoms with Gasteiger partial charge in [-0.1, -0.05) is 6.07 Å². The third kappa shape index (κ3) is 1.40. The highest BCUT2D eigenvalue weighted by atomic mass is 16.5. The van der Waals surface area contributed by atoms with Gasteiger partial charge in [0.25, 0.3) is 0 Å². The van der Waals surface area contributed by atoms with Gasteiger partial charge in [0.2, 0.25) is 0 Å². The Morgan fingerprint density at radius 2 is 2.29 bits per heavy atom. The summed E-state index contributed by atoms with van der Waals surface area (Å²) in [4.78, 5) is 0. The van der Waals surface area contributed by atoms with Gasteiger partial charge in [0.15, 0.2) is 0 Å². The summed E-state index contributed by atoms with van der Waals surface area (Å²) in [7, 11) is 3.74. The molecule has 0 radical (unpaired) electrons. The Morgan fingerprint density at radius 3 is 2.93 bits per heavy atom. The summed E-state index contributed by atoms with van der Waals surface area (Å²) < 4.78 is 5.29. The van der Waals surface area contributed by atoms with E-state index >= 15 is 0 Å². The van der Waals surface area contributed by atoms with Gasteiger partial charge >= 0.3 is 0 Å². The van der Waals surface area contributed by atoms with Gasteiger partial charge in [0.1, 0.15) is 5.75 Å². The number of ether oxygens (including phenoxy) is 1. The van der Waals surface area contributed by atoms with Crippen LogP contribution in [0.3, 0.4) is 0 Å². The molecular formula is C12H17NO. The lowest BCUT2D eigenvalue weighted by molar-refractivity contribution is 0.409. The van der Waals surface area contributed by atoms with Crippen molar-refractivity contribution in [2.24, 2.45) is 0 Å². The fourth-order valence-electron chi connectivity index (χ4n) is 2.20. The predicted octanol–water partition coefficient (Wildman–Crippen LogP) is 1.86. The van der Waals surface area contributed by atoms with Gasteiger partial charge in [0, 0.05) is 12.5 Å². The van der Waals surface area contributed by atoms with E-state index in [4.69, 9.17) is 4.74 Å². The monoisotopic (exact) mass is 191 g/mol. The Labute approximate surface area is 85.3 Å². The van der Waals surface area contributed by atoms with E-state index in [-0.39, 0.29) is 0 Å². The first kappa shape index (κ1) is 9.53. The molecule has 1 aromatic rings. The first-order valence-corrected chi connectivity index (χ1v) is 5.08. The van der Waals surface area contributed by atoms with Crippen LogP contribution in [0.25, 0.3) is 0 Å². The molecule has 0 heterocycles. The van der Waals surface area contributed by atoms with Crippen LogP contribution in [0.2, 0.25) is 0 Å². The highest BCUT2D eigenvalue weighted by molar-refractivity contribution is 5.49. The summed E-state index contributed by atoms with van der Waals surface area (Å²) in [6.07, 6.45) is 1.19. The van der Waals surface area contributed by atoms with Crippen LogP contribution in [0, 0.1) is 6.92 Å². The van der Waals surface area contributed by atoms with Crippen molar-refractivity contribution in [1.29, 1.82) is 0 Å². The topological polar surface area (TPSA) is 21.3 Å². The van der Waals surface area contributed by atoms with Gasteiger partial charge in [-0.3, -0.25) is 0 Å². The number of likely N-dealkylation sites (N-methyl/N-ethyl adjacent to an activating group) is 1. The summed E-state index contributed by atoms with van der Waals surface area (Å²) in [6.45, 7) is 3.19. The van der Waals surface area contributed by atoms with Crippen LogP contribution >= 0.6 is 0 Å². The fourth-order valence-corrected chi connectivity index (χ4v) is 2.20. The van der Waals surface area contributed by atoms with Crippen LogP contribution in [0.5, 0.6) is 5.75 Å². The lowest BCUT2D eigenvalue weighted by Crippen LogP contribution is -2.27. The molecule has 1 aromatic carbocycles. The van der Waals surface area contributed by atoms with Gasteiger partial charge in [-0.25, -0.2) is 0 Å². The molecule has 0 aromatic heterocycles. The number of hydrogen-bond donors (Lipinski definition) is 1. The second-order valence-electron chi connectivity index (χ2n) is 3.98. The number of methoxy groups -OCH3 is 1. The van der Waals surface area contributed by atoms with Crippen LogP contribution in [0.15, 0.2) is 12.1 Å². The molecule has 2 rings (SSSR count). The minimum atomic E-state index is 0.708. The minimum Gasteiger partial charge on any atom is -0.496 e. The summed E-state index contributed by atoms with van der Waals surface area (Å²) in [5, 5.41) is 3.23. The smallest absolute Gasteiger partial charge is 0.122 e. The average molecular weight is 191 g/mol. The van der Waals surface area contributed by atoms with Crippen molar-refractivity contribution in [3.05, 3.63) is 28.8 Å². The molecule has 1 atom stereocenters. The summed E-state index contributed by atoms with van der Waals surface area (Å²) in [6, 6.07) is 4.44. The summed E-state index contributed by atoms with van der Waals surface area (Å²) >= 11 is 0. The van der Waals surface area contributed by atoms with Crippen molar-refractivity contribution in [3.63, 3.8) is 0 Å². The zero-order valence-electron chi connectivity index (χ0n) is 9.05. The van der Waals surface area contributed by atoms with Crippen molar-refractivity contribution in [1.82, 2.24) is 5.32 Å². The van der Waals surface area contributed by atoms with Crippen molar-refractivity contribution in [2.75, 3.05) is 20.7 Å². The molecule has 0 saturated carbocycles. The maximum Gasteiger partial charge on any atom is 0.122 e. The van der Waals surface area contributed by atoms with Crippen LogP contribution in [0.4, 0.5) is 0 Å². The maximum absolute atomic E-state index is 5.29. The molecule has 14 heavy (non-hydrogen) atoms. The molecule has 0 fully saturated rings. The minimum absolute atomic E-state index is 0.708. The van der Waals surface area contributed by atoms with Crippen molar-refractivity contribution in [2.45, 2.75) is 19.3 Å². The van der Waals surface area contributed by atoms with E-state index in [2.05, 4.69) is 24.4 Å². The standard InChI is InChI=1S/C12H17NO/c1-8-4-11-9(6-12(8)14-3)5-10(11)7-13-2/h4,6,10,13H,5,7H2,1-3H3. The maximum atomic E-state index is 5.29. The zero-order valence-corrected chi connectivity index (χ0v) is 9.05. The van der Waals surface area contributed by atoms with E-state index in [9.17, 15) is 0 Å². The number of rotatable bonds is 3. The van der Waals surface area contributed by atoms with Gasteiger partial charge in [-0.2, -0.15) is 0 Å². The molecule has 2 nitrogen and oxygen atoms in total. The lowest BCUT2D eigenvalue weighted by Gasteiger charge is -2.31. The van der Waals surface area contributed by atoms with E-state index in [1.165, 1.54) is 23.1 Å². The first-order chi connectivity index (χ1) is 6.76. The van der Waals surface area contributed by atoms with Crippen LogP contribution in [0.1, 0.15) is 22.6 Å². The number of hydrogen-bond acceptors (Lipinski definition) is 2. The van der Waals surface area contributed by atoms with Crippen LogP contribution in [-0.2, 0) is 6.42 Å². The first-order valence-electron chi connectivity index (χ1n) is 5.08.